The van der Waals surface area contributed by atoms with Crippen molar-refractivity contribution in [2.24, 2.45) is 0 Å². The van der Waals surface area contributed by atoms with E-state index in [9.17, 15) is 0 Å². The summed E-state index contributed by atoms with van der Waals surface area (Å²) in [7, 11) is 0. The van der Waals surface area contributed by atoms with Gasteiger partial charge in [0.05, 0.1) is 10.7 Å². The van der Waals surface area contributed by atoms with E-state index < -0.39 is 0 Å². The molecular weight excluding hydrogens is 345 g/mol. The maximum absolute atomic E-state index is 6.25. The number of benzene rings is 1. The Hall–Kier alpha value is 0.0400. The number of hydrogen-bond acceptors (Lipinski definition) is 1. The molecule has 1 aliphatic rings. The molecule has 0 atom stereocenters. The molecule has 0 amide bonds. The van der Waals surface area contributed by atoms with Gasteiger partial charge in [-0.2, -0.15) is 0 Å². The van der Waals surface area contributed by atoms with Gasteiger partial charge in [-0.1, -0.05) is 43.7 Å². The third-order valence-electron chi connectivity index (χ3n) is 3.40. The van der Waals surface area contributed by atoms with Crippen molar-refractivity contribution in [3.05, 3.63) is 26.8 Å². The third-order valence-corrected chi connectivity index (χ3v) is 4.38. The second kappa shape index (κ2) is 6.83. The molecule has 1 N–H and O–H groups in total. The van der Waals surface area contributed by atoms with Gasteiger partial charge in [0.1, 0.15) is 0 Å². The quantitative estimate of drug-likeness (QED) is 0.687. The summed E-state index contributed by atoms with van der Waals surface area (Å²) >= 11 is 8.55. The van der Waals surface area contributed by atoms with Gasteiger partial charge < -0.3 is 5.32 Å². The summed E-state index contributed by atoms with van der Waals surface area (Å²) in [4.78, 5) is 0. The minimum atomic E-state index is 0.605. The van der Waals surface area contributed by atoms with Crippen LogP contribution in [-0.2, 0) is 0 Å². The van der Waals surface area contributed by atoms with Crippen LogP contribution in [0.3, 0.4) is 0 Å². The molecule has 1 aromatic rings. The number of hydrogen-bond donors (Lipinski definition) is 1. The van der Waals surface area contributed by atoms with Crippen LogP contribution >= 0.6 is 34.2 Å². The second-order valence-electron chi connectivity index (χ2n) is 4.81. The van der Waals surface area contributed by atoms with Gasteiger partial charge in [0, 0.05) is 9.61 Å². The molecular formula is C14H19ClIN. The van der Waals surface area contributed by atoms with Crippen LogP contribution in [0, 0.1) is 3.57 Å². The normalized spacial score (nSPS) is 18.5. The summed E-state index contributed by atoms with van der Waals surface area (Å²) < 4.78 is 1.19. The Morgan fingerprint density at radius 1 is 1.06 bits per heavy atom. The highest BCUT2D eigenvalue weighted by Gasteiger charge is 2.12. The number of anilines is 1. The molecule has 1 aliphatic carbocycles. The fraction of sp³-hybridized carbons (Fsp3) is 0.571. The fourth-order valence-corrected chi connectivity index (χ4v) is 3.34. The lowest BCUT2D eigenvalue weighted by Gasteiger charge is -2.22. The van der Waals surface area contributed by atoms with Crippen LogP contribution in [0.2, 0.25) is 5.02 Å². The van der Waals surface area contributed by atoms with E-state index in [-0.39, 0.29) is 0 Å². The van der Waals surface area contributed by atoms with E-state index in [4.69, 9.17) is 11.6 Å². The highest BCUT2D eigenvalue weighted by atomic mass is 127. The molecule has 1 saturated carbocycles. The predicted octanol–water partition coefficient (Wildman–Crippen LogP) is 5.47. The molecule has 1 aromatic carbocycles. The number of nitrogens with one attached hydrogen (secondary N) is 1. The van der Waals surface area contributed by atoms with Crippen molar-refractivity contribution in [2.75, 3.05) is 5.32 Å². The van der Waals surface area contributed by atoms with Gasteiger partial charge in [0.25, 0.3) is 0 Å². The zero-order chi connectivity index (χ0) is 12.1. The van der Waals surface area contributed by atoms with Gasteiger partial charge in [0.2, 0.25) is 0 Å². The van der Waals surface area contributed by atoms with Gasteiger partial charge in [-0.25, -0.2) is 0 Å². The maximum Gasteiger partial charge on any atom is 0.0648 e. The largest absolute Gasteiger partial charge is 0.381 e. The molecule has 1 fully saturated rings. The minimum absolute atomic E-state index is 0.605. The fourth-order valence-electron chi connectivity index (χ4n) is 2.43. The zero-order valence-electron chi connectivity index (χ0n) is 10.0. The molecule has 3 heteroatoms. The van der Waals surface area contributed by atoms with Gasteiger partial charge in [0.15, 0.2) is 0 Å². The van der Waals surface area contributed by atoms with Crippen LogP contribution < -0.4 is 5.32 Å². The SMILES string of the molecule is Clc1cc(I)ccc1NC1CCCCCCC1. The van der Waals surface area contributed by atoms with E-state index in [1.807, 2.05) is 6.07 Å². The monoisotopic (exact) mass is 363 g/mol. The molecule has 0 aromatic heterocycles. The van der Waals surface area contributed by atoms with Crippen LogP contribution in [0.5, 0.6) is 0 Å². The van der Waals surface area contributed by atoms with Crippen molar-refractivity contribution < 1.29 is 0 Å². The topological polar surface area (TPSA) is 12.0 Å². The molecule has 2 rings (SSSR count). The van der Waals surface area contributed by atoms with E-state index in [1.165, 1.54) is 48.5 Å². The first-order valence-electron chi connectivity index (χ1n) is 6.47. The Kier molecular flexibility index (Phi) is 5.42. The van der Waals surface area contributed by atoms with Gasteiger partial charge in [-0.15, -0.1) is 0 Å². The number of rotatable bonds is 2. The molecule has 94 valence electrons. The average Bonchev–Trinajstić information content (AvgIpc) is 2.25. The van der Waals surface area contributed by atoms with E-state index in [0.717, 1.165) is 10.7 Å². The Labute approximate surface area is 122 Å². The summed E-state index contributed by atoms with van der Waals surface area (Å²) in [5, 5.41) is 4.46. The Morgan fingerprint density at radius 2 is 1.71 bits per heavy atom. The summed E-state index contributed by atoms with van der Waals surface area (Å²) in [6.07, 6.45) is 9.44. The average molecular weight is 364 g/mol. The molecule has 0 radical (unpaired) electrons. The van der Waals surface area contributed by atoms with E-state index in [0.29, 0.717) is 6.04 Å². The van der Waals surface area contributed by atoms with Crippen molar-refractivity contribution >= 4 is 39.9 Å². The molecule has 17 heavy (non-hydrogen) atoms. The summed E-state index contributed by atoms with van der Waals surface area (Å²) in [5.74, 6) is 0. The standard InChI is InChI=1S/C14H19ClIN/c15-13-10-11(16)8-9-14(13)17-12-6-4-2-1-3-5-7-12/h8-10,12,17H,1-7H2. The summed E-state index contributed by atoms with van der Waals surface area (Å²) in [5.41, 5.74) is 1.10. The maximum atomic E-state index is 6.25. The summed E-state index contributed by atoms with van der Waals surface area (Å²) in [6, 6.07) is 6.83. The van der Waals surface area contributed by atoms with Crippen molar-refractivity contribution in [1.29, 1.82) is 0 Å². The first-order chi connectivity index (χ1) is 8.25. The van der Waals surface area contributed by atoms with Crippen LogP contribution in [0.1, 0.15) is 44.9 Å². The summed E-state index contributed by atoms with van der Waals surface area (Å²) in [6.45, 7) is 0. The number of halogens is 2. The molecule has 0 bridgehead atoms. The molecule has 0 aliphatic heterocycles. The van der Waals surface area contributed by atoms with Crippen molar-refractivity contribution in [3.8, 4) is 0 Å². The van der Waals surface area contributed by atoms with Crippen molar-refractivity contribution in [2.45, 2.75) is 51.0 Å². The first kappa shape index (κ1) is 13.5. The lowest BCUT2D eigenvalue weighted by molar-refractivity contribution is 0.471. The predicted molar refractivity (Wildman–Crippen MR) is 83.9 cm³/mol. The van der Waals surface area contributed by atoms with Crippen LogP contribution in [0.15, 0.2) is 18.2 Å². The van der Waals surface area contributed by atoms with Crippen LogP contribution in [0.4, 0.5) is 5.69 Å². The van der Waals surface area contributed by atoms with Gasteiger partial charge in [-0.3, -0.25) is 0 Å². The molecule has 0 saturated heterocycles. The molecule has 0 spiro atoms. The van der Waals surface area contributed by atoms with Crippen molar-refractivity contribution in [3.63, 3.8) is 0 Å². The first-order valence-corrected chi connectivity index (χ1v) is 7.93. The van der Waals surface area contributed by atoms with E-state index in [2.05, 4.69) is 40.0 Å². The minimum Gasteiger partial charge on any atom is -0.381 e. The third kappa shape index (κ3) is 4.32. The molecule has 1 nitrogen and oxygen atoms in total. The van der Waals surface area contributed by atoms with E-state index in [1.54, 1.807) is 0 Å². The van der Waals surface area contributed by atoms with E-state index >= 15 is 0 Å². The lowest BCUT2D eigenvalue weighted by atomic mass is 9.96. The van der Waals surface area contributed by atoms with Gasteiger partial charge >= 0.3 is 0 Å². The lowest BCUT2D eigenvalue weighted by Crippen LogP contribution is -2.20. The second-order valence-corrected chi connectivity index (χ2v) is 6.46. The van der Waals surface area contributed by atoms with Crippen LogP contribution in [0.25, 0.3) is 0 Å². The zero-order valence-corrected chi connectivity index (χ0v) is 12.9. The van der Waals surface area contributed by atoms with Gasteiger partial charge in [-0.05, 0) is 53.6 Å². The Morgan fingerprint density at radius 3 is 2.35 bits per heavy atom. The highest BCUT2D eigenvalue weighted by molar-refractivity contribution is 14.1. The van der Waals surface area contributed by atoms with Crippen LogP contribution in [-0.4, -0.2) is 6.04 Å². The molecule has 0 heterocycles. The Balaban J connectivity index is 1.98. The van der Waals surface area contributed by atoms with Crippen molar-refractivity contribution in [1.82, 2.24) is 0 Å². The molecule has 0 unspecified atom stereocenters. The smallest absolute Gasteiger partial charge is 0.0648 e. The highest BCUT2D eigenvalue weighted by Crippen LogP contribution is 2.27. The Bertz CT molecular complexity index is 359.